The highest BCUT2D eigenvalue weighted by Crippen LogP contribution is 2.28. The Balaban J connectivity index is 0.00000338. The van der Waals surface area contributed by atoms with Gasteiger partial charge in [0.25, 0.3) is 0 Å². The van der Waals surface area contributed by atoms with Crippen LogP contribution in [0.15, 0.2) is 35.3 Å². The van der Waals surface area contributed by atoms with E-state index >= 15 is 0 Å². The van der Waals surface area contributed by atoms with Gasteiger partial charge in [0, 0.05) is 34.9 Å². The van der Waals surface area contributed by atoms with Crippen molar-refractivity contribution in [3.05, 3.63) is 35.9 Å². The summed E-state index contributed by atoms with van der Waals surface area (Å²) in [6.07, 6.45) is 3.73. The van der Waals surface area contributed by atoms with Gasteiger partial charge in [0.2, 0.25) is 0 Å². The molecule has 0 amide bonds. The van der Waals surface area contributed by atoms with Crippen LogP contribution in [0.25, 0.3) is 0 Å². The van der Waals surface area contributed by atoms with Crippen LogP contribution in [0.2, 0.25) is 0 Å². The molecule has 1 saturated carbocycles. The molecular formula is C20H34IN3OS. The third-order valence-electron chi connectivity index (χ3n) is 4.62. The number of hydrogen-bond acceptors (Lipinski definition) is 2. The number of halogens is 1. The van der Waals surface area contributed by atoms with Crippen molar-refractivity contribution < 1.29 is 4.21 Å². The van der Waals surface area contributed by atoms with Crippen LogP contribution >= 0.6 is 24.0 Å². The maximum atomic E-state index is 12.2. The second-order valence-corrected chi connectivity index (χ2v) is 8.87. The van der Waals surface area contributed by atoms with Crippen LogP contribution in [0.1, 0.15) is 45.6 Å². The van der Waals surface area contributed by atoms with Crippen molar-refractivity contribution in [1.29, 1.82) is 0 Å². The Labute approximate surface area is 178 Å². The number of hydrogen-bond donors (Lipinski definition) is 2. The Morgan fingerprint density at radius 1 is 1.15 bits per heavy atom. The standard InChI is InChI=1S/C20H33N3OS.HI/c1-4-21-20(23-19-13-16(2)12-17(3)14-19)22-10-11-25(24)15-18-8-6-5-7-9-18;/h5-9,16-17,19H,4,10-15H2,1-3H3,(H2,21,22,23);1H. The molecule has 6 heteroatoms. The highest BCUT2D eigenvalue weighted by Gasteiger charge is 2.24. The normalized spacial score (nSPS) is 24.4. The topological polar surface area (TPSA) is 53.5 Å². The largest absolute Gasteiger partial charge is 0.357 e. The van der Waals surface area contributed by atoms with Gasteiger partial charge in [0.1, 0.15) is 0 Å². The minimum absolute atomic E-state index is 0. The van der Waals surface area contributed by atoms with Crippen molar-refractivity contribution >= 4 is 40.7 Å². The minimum atomic E-state index is -0.872. The predicted molar refractivity (Wildman–Crippen MR) is 124 cm³/mol. The molecule has 2 rings (SSSR count). The molecular weight excluding hydrogens is 457 g/mol. The zero-order valence-electron chi connectivity index (χ0n) is 16.2. The number of nitrogens with zero attached hydrogens (tertiary/aromatic N) is 1. The predicted octanol–water partition coefficient (Wildman–Crippen LogP) is 3.93. The minimum Gasteiger partial charge on any atom is -0.357 e. The van der Waals surface area contributed by atoms with E-state index in [1.165, 1.54) is 19.3 Å². The lowest BCUT2D eigenvalue weighted by molar-refractivity contribution is 0.255. The molecule has 1 aliphatic rings. The molecule has 0 heterocycles. The molecule has 0 aromatic heterocycles. The van der Waals surface area contributed by atoms with E-state index in [-0.39, 0.29) is 24.0 Å². The summed E-state index contributed by atoms with van der Waals surface area (Å²) in [5, 5.41) is 6.90. The van der Waals surface area contributed by atoms with E-state index in [9.17, 15) is 4.21 Å². The number of aliphatic imine (C=N–C) groups is 1. The van der Waals surface area contributed by atoms with Gasteiger partial charge in [-0.1, -0.05) is 44.2 Å². The van der Waals surface area contributed by atoms with Crippen LogP contribution in [-0.2, 0) is 16.6 Å². The highest BCUT2D eigenvalue weighted by molar-refractivity contribution is 14.0. The summed E-state index contributed by atoms with van der Waals surface area (Å²) in [4.78, 5) is 4.64. The second kappa shape index (κ2) is 12.7. The molecule has 3 atom stereocenters. The Hall–Kier alpha value is -0.630. The molecule has 2 N–H and O–H groups in total. The summed E-state index contributed by atoms with van der Waals surface area (Å²) >= 11 is 0. The molecule has 1 aliphatic carbocycles. The van der Waals surface area contributed by atoms with Gasteiger partial charge in [0.15, 0.2) is 5.96 Å². The van der Waals surface area contributed by atoms with Gasteiger partial charge in [-0.15, -0.1) is 24.0 Å². The third kappa shape index (κ3) is 8.84. The van der Waals surface area contributed by atoms with Gasteiger partial charge < -0.3 is 10.6 Å². The first-order chi connectivity index (χ1) is 12.1. The van der Waals surface area contributed by atoms with Gasteiger partial charge >= 0.3 is 0 Å². The number of rotatable bonds is 7. The summed E-state index contributed by atoms with van der Waals surface area (Å²) in [5.41, 5.74) is 1.13. The molecule has 3 unspecified atom stereocenters. The van der Waals surface area contributed by atoms with Crippen molar-refractivity contribution in [2.24, 2.45) is 16.8 Å². The molecule has 0 bridgehead atoms. The molecule has 148 valence electrons. The van der Waals surface area contributed by atoms with E-state index in [0.717, 1.165) is 29.9 Å². The Bertz CT molecular complexity index is 557. The van der Waals surface area contributed by atoms with Gasteiger partial charge in [-0.2, -0.15) is 0 Å². The monoisotopic (exact) mass is 491 g/mol. The zero-order valence-corrected chi connectivity index (χ0v) is 19.4. The molecule has 1 aromatic rings. The average Bonchev–Trinajstić information content (AvgIpc) is 2.55. The van der Waals surface area contributed by atoms with Crippen molar-refractivity contribution in [3.63, 3.8) is 0 Å². The summed E-state index contributed by atoms with van der Waals surface area (Å²) in [6, 6.07) is 10.5. The van der Waals surface area contributed by atoms with Crippen molar-refractivity contribution in [1.82, 2.24) is 10.6 Å². The summed E-state index contributed by atoms with van der Waals surface area (Å²) in [5.74, 6) is 3.61. The average molecular weight is 491 g/mol. The summed E-state index contributed by atoms with van der Waals surface area (Å²) < 4.78 is 12.2. The Morgan fingerprint density at radius 3 is 2.42 bits per heavy atom. The molecule has 1 aromatic carbocycles. The number of nitrogens with one attached hydrogen (secondary N) is 2. The maximum Gasteiger partial charge on any atom is 0.191 e. The van der Waals surface area contributed by atoms with Crippen LogP contribution in [0.3, 0.4) is 0 Å². The van der Waals surface area contributed by atoms with Crippen LogP contribution in [-0.4, -0.2) is 35.1 Å². The van der Waals surface area contributed by atoms with Crippen LogP contribution in [0.5, 0.6) is 0 Å². The van der Waals surface area contributed by atoms with Gasteiger partial charge in [-0.05, 0) is 43.6 Å². The number of benzene rings is 1. The molecule has 0 aliphatic heterocycles. The molecule has 4 nitrogen and oxygen atoms in total. The lowest BCUT2D eigenvalue weighted by atomic mass is 9.80. The first-order valence-electron chi connectivity index (χ1n) is 9.50. The Kier molecular flexibility index (Phi) is 11.4. The van der Waals surface area contributed by atoms with Crippen molar-refractivity contribution in [2.45, 2.75) is 51.8 Å². The highest BCUT2D eigenvalue weighted by atomic mass is 127. The van der Waals surface area contributed by atoms with Crippen LogP contribution in [0, 0.1) is 11.8 Å². The molecule has 0 radical (unpaired) electrons. The van der Waals surface area contributed by atoms with Crippen molar-refractivity contribution in [3.8, 4) is 0 Å². The molecule has 0 saturated heterocycles. The summed E-state index contributed by atoms with van der Waals surface area (Å²) in [7, 11) is -0.872. The number of guanidine groups is 1. The van der Waals surface area contributed by atoms with Gasteiger partial charge in [-0.25, -0.2) is 0 Å². The van der Waals surface area contributed by atoms with E-state index in [0.29, 0.717) is 24.1 Å². The zero-order chi connectivity index (χ0) is 18.1. The van der Waals surface area contributed by atoms with Gasteiger partial charge in [0.05, 0.1) is 6.54 Å². The lowest BCUT2D eigenvalue weighted by Gasteiger charge is -2.32. The van der Waals surface area contributed by atoms with Gasteiger partial charge in [-0.3, -0.25) is 9.20 Å². The van der Waals surface area contributed by atoms with E-state index in [4.69, 9.17) is 0 Å². The summed E-state index contributed by atoms with van der Waals surface area (Å²) in [6.45, 7) is 8.18. The first kappa shape index (κ1) is 23.4. The van der Waals surface area contributed by atoms with E-state index in [1.54, 1.807) is 0 Å². The molecule has 1 fully saturated rings. The maximum absolute atomic E-state index is 12.2. The smallest absolute Gasteiger partial charge is 0.191 e. The van der Waals surface area contributed by atoms with E-state index in [2.05, 4.69) is 36.4 Å². The fourth-order valence-electron chi connectivity index (χ4n) is 3.67. The quantitative estimate of drug-likeness (QED) is 0.345. The van der Waals surface area contributed by atoms with E-state index < -0.39 is 10.8 Å². The van der Waals surface area contributed by atoms with E-state index in [1.807, 2.05) is 30.3 Å². The lowest BCUT2D eigenvalue weighted by Crippen LogP contribution is -2.46. The third-order valence-corrected chi connectivity index (χ3v) is 5.92. The van der Waals surface area contributed by atoms with Crippen LogP contribution in [0.4, 0.5) is 0 Å². The molecule has 0 spiro atoms. The Morgan fingerprint density at radius 2 is 1.81 bits per heavy atom. The first-order valence-corrected chi connectivity index (χ1v) is 11.0. The fraction of sp³-hybridized carbons (Fsp3) is 0.650. The fourth-order valence-corrected chi connectivity index (χ4v) is 4.67. The van der Waals surface area contributed by atoms with Crippen LogP contribution < -0.4 is 10.6 Å². The second-order valence-electron chi connectivity index (χ2n) is 7.29. The van der Waals surface area contributed by atoms with Crippen molar-refractivity contribution in [2.75, 3.05) is 18.8 Å². The molecule has 26 heavy (non-hydrogen) atoms. The SMILES string of the molecule is CCNC(=NCCS(=O)Cc1ccccc1)NC1CC(C)CC(C)C1.I.